The molecule has 0 aliphatic carbocycles. The van der Waals surface area contributed by atoms with Gasteiger partial charge in [0.1, 0.15) is 18.9 Å². The van der Waals surface area contributed by atoms with Gasteiger partial charge in [0.15, 0.2) is 12.4 Å². The number of alkyl halides is 1. The third kappa shape index (κ3) is 3.00. The molecule has 1 saturated heterocycles. The van der Waals surface area contributed by atoms with Crippen LogP contribution < -0.4 is 11.2 Å². The Morgan fingerprint density at radius 2 is 2.32 bits per heavy atom. The first-order chi connectivity index (χ1) is 10.3. The van der Waals surface area contributed by atoms with Crippen molar-refractivity contribution in [3.05, 3.63) is 33.1 Å². The van der Waals surface area contributed by atoms with Crippen LogP contribution in [0.4, 0.5) is 4.39 Å². The summed E-state index contributed by atoms with van der Waals surface area (Å²) in [5.74, 6) is -1.96. The molecule has 0 amide bonds. The molecule has 0 bridgehead atoms. The largest absolute Gasteiger partial charge is 0.582 e. The molecule has 0 aromatic carbocycles. The average Bonchev–Trinajstić information content (AvgIpc) is 2.73. The van der Waals surface area contributed by atoms with Gasteiger partial charge in [-0.3, -0.25) is 14.3 Å². The fourth-order valence-corrected chi connectivity index (χ4v) is 2.93. The number of aromatic nitrogens is 2. The van der Waals surface area contributed by atoms with Gasteiger partial charge < -0.3 is 14.6 Å². The molecule has 2 heterocycles. The average molecular weight is 355 g/mol. The van der Waals surface area contributed by atoms with Gasteiger partial charge in [-0.15, -0.1) is 4.52 Å². The number of nitrogens with zero attached hydrogens (tertiary/aromatic N) is 1. The second-order valence-electron chi connectivity index (χ2n) is 4.41. The van der Waals surface area contributed by atoms with E-state index in [2.05, 4.69) is 12.2 Å². The fraction of sp³-hybridized carbons (Fsp3) is 0.600. The Kier molecular flexibility index (Phi) is 5.15. The summed E-state index contributed by atoms with van der Waals surface area (Å²) in [5, 5.41) is 9.43. The van der Waals surface area contributed by atoms with Crippen molar-refractivity contribution in [3.8, 4) is 0 Å². The van der Waals surface area contributed by atoms with Crippen molar-refractivity contribution in [2.24, 2.45) is 0 Å². The molecule has 1 fully saturated rings. The highest BCUT2D eigenvalue weighted by Crippen LogP contribution is 2.45. The van der Waals surface area contributed by atoms with Crippen molar-refractivity contribution >= 4 is 19.5 Å². The summed E-state index contributed by atoms with van der Waals surface area (Å²) in [5.41, 5.74) is -1.58. The van der Waals surface area contributed by atoms with E-state index < -0.39 is 49.4 Å². The van der Waals surface area contributed by atoms with Crippen LogP contribution in [0.2, 0.25) is 0 Å². The minimum absolute atomic E-state index is 0.666. The van der Waals surface area contributed by atoms with Crippen LogP contribution in [0.5, 0.6) is 0 Å². The van der Waals surface area contributed by atoms with E-state index in [0.29, 0.717) is 0 Å². The van der Waals surface area contributed by atoms with Crippen LogP contribution in [0.25, 0.3) is 0 Å². The highest BCUT2D eigenvalue weighted by atomic mass is 32.7. The molecule has 122 valence electrons. The summed E-state index contributed by atoms with van der Waals surface area (Å²) < 4.78 is 41.6. The monoisotopic (exact) mass is 355 g/mol. The first-order valence-electron chi connectivity index (χ1n) is 5.97. The Balaban J connectivity index is 2.45. The van der Waals surface area contributed by atoms with Gasteiger partial charge in [-0.1, -0.05) is 0 Å². The number of thiol groups is 1. The summed E-state index contributed by atoms with van der Waals surface area (Å²) in [7, 11) is -1.39. The number of H-pyrrole nitrogens is 1. The van der Waals surface area contributed by atoms with E-state index in [4.69, 9.17) is 14.0 Å². The molecule has 2 unspecified atom stereocenters. The lowest BCUT2D eigenvalue weighted by Crippen LogP contribution is -2.47. The summed E-state index contributed by atoms with van der Waals surface area (Å²) in [6.45, 7) is -0.819. The van der Waals surface area contributed by atoms with E-state index in [1.807, 2.05) is 4.98 Å². The second kappa shape index (κ2) is 6.57. The molecule has 2 N–H and O–H groups in total. The predicted molar refractivity (Wildman–Crippen MR) is 74.6 cm³/mol. The number of hydrogen-bond acceptors (Lipinski definition) is 7. The number of hydrogen-bond donors (Lipinski definition) is 3. The lowest BCUT2D eigenvalue weighted by Gasteiger charge is -2.27. The molecule has 1 aromatic heterocycles. The van der Waals surface area contributed by atoms with Crippen LogP contribution in [-0.4, -0.2) is 46.4 Å². The molecular formula is C10H13FN2O7PS+. The Labute approximate surface area is 129 Å². The van der Waals surface area contributed by atoms with Gasteiger partial charge >= 0.3 is 12.9 Å². The minimum atomic E-state index is -2.52. The molecule has 0 radical (unpaired) electrons. The van der Waals surface area contributed by atoms with Crippen LogP contribution >= 0.6 is 19.5 Å². The zero-order valence-electron chi connectivity index (χ0n) is 11.2. The SMILES string of the molecule is CO[C@]1(CO)O[C@@H](n2ccc(=O)[nH]c2=O)[C@@H](F)C1O[P+](=O)S. The van der Waals surface area contributed by atoms with E-state index in [-0.39, 0.29) is 0 Å². The number of ether oxygens (including phenoxy) is 2. The maximum absolute atomic E-state index is 14.6. The molecule has 9 nitrogen and oxygen atoms in total. The molecule has 12 heteroatoms. The second-order valence-corrected chi connectivity index (χ2v) is 6.07. The van der Waals surface area contributed by atoms with Crippen LogP contribution in [0, 0.1) is 0 Å². The Morgan fingerprint density at radius 1 is 1.64 bits per heavy atom. The fourth-order valence-electron chi connectivity index (χ4n) is 2.16. The standard InChI is InChI=1S/C10H12FN2O7PS/c1-18-10(4-14)7(20-21(17)22)6(11)8(19-10)13-3-2-5(15)12-9(13)16/h2-3,6-8,14H,4H2,1H3,(H-,12,15,16,17,22)/p+1/t6-,7?,8+,10+/m0/s1. The van der Waals surface area contributed by atoms with Gasteiger partial charge in [0.25, 0.3) is 5.56 Å². The summed E-state index contributed by atoms with van der Waals surface area (Å²) >= 11 is 3.53. The number of nitrogens with one attached hydrogen (secondary N) is 1. The van der Waals surface area contributed by atoms with Crippen molar-refractivity contribution in [3.63, 3.8) is 0 Å². The van der Waals surface area contributed by atoms with E-state index in [1.165, 1.54) is 0 Å². The van der Waals surface area contributed by atoms with Crippen molar-refractivity contribution in [1.29, 1.82) is 0 Å². The van der Waals surface area contributed by atoms with E-state index in [9.17, 15) is 23.7 Å². The highest BCUT2D eigenvalue weighted by Gasteiger charge is 2.61. The smallest absolute Gasteiger partial charge is 0.391 e. The lowest BCUT2D eigenvalue weighted by molar-refractivity contribution is -0.265. The van der Waals surface area contributed by atoms with Crippen molar-refractivity contribution in [1.82, 2.24) is 9.55 Å². The number of aromatic amines is 1. The number of aliphatic hydroxyl groups excluding tert-OH is 1. The topological polar surface area (TPSA) is 120 Å². The third-order valence-corrected chi connectivity index (χ3v) is 3.90. The maximum Gasteiger partial charge on any atom is 0.582 e. The molecule has 22 heavy (non-hydrogen) atoms. The molecule has 0 saturated carbocycles. The Bertz CT molecular complexity index is 676. The van der Waals surface area contributed by atoms with Crippen molar-refractivity contribution in [2.45, 2.75) is 24.3 Å². The zero-order valence-corrected chi connectivity index (χ0v) is 13.0. The molecule has 2 rings (SSSR count). The molecule has 1 aromatic rings. The van der Waals surface area contributed by atoms with Gasteiger partial charge in [-0.25, -0.2) is 9.18 Å². The van der Waals surface area contributed by atoms with Crippen LogP contribution in [0.3, 0.4) is 0 Å². The predicted octanol–water partition coefficient (Wildman–Crippen LogP) is -0.289. The van der Waals surface area contributed by atoms with Crippen LogP contribution in [-0.2, 0) is 18.6 Å². The van der Waals surface area contributed by atoms with E-state index in [0.717, 1.165) is 23.9 Å². The lowest BCUT2D eigenvalue weighted by atomic mass is 10.1. The molecule has 5 atom stereocenters. The zero-order chi connectivity index (χ0) is 16.5. The molecule has 1 aliphatic heterocycles. The number of aliphatic hydroxyl groups is 1. The Hall–Kier alpha value is -1.10. The number of rotatable bonds is 5. The number of methoxy groups -OCH3 is 1. The quantitative estimate of drug-likeness (QED) is 0.490. The first kappa shape index (κ1) is 17.3. The first-order valence-corrected chi connectivity index (χ1v) is 8.30. The molecule has 1 aliphatic rings. The van der Waals surface area contributed by atoms with Gasteiger partial charge in [0.2, 0.25) is 11.9 Å². The molecule has 0 spiro atoms. The number of halogens is 1. The van der Waals surface area contributed by atoms with Crippen molar-refractivity contribution in [2.75, 3.05) is 13.7 Å². The minimum Gasteiger partial charge on any atom is -0.391 e. The van der Waals surface area contributed by atoms with E-state index >= 15 is 0 Å². The highest BCUT2D eigenvalue weighted by molar-refractivity contribution is 8.39. The van der Waals surface area contributed by atoms with Gasteiger partial charge in [-0.2, -0.15) is 0 Å². The third-order valence-electron chi connectivity index (χ3n) is 3.21. The van der Waals surface area contributed by atoms with E-state index in [1.54, 1.807) is 0 Å². The normalized spacial score (nSPS) is 32.2. The molecular weight excluding hydrogens is 342 g/mol. The van der Waals surface area contributed by atoms with Crippen molar-refractivity contribution < 1.29 is 28.1 Å². The summed E-state index contributed by atoms with van der Waals surface area (Å²) in [4.78, 5) is 24.7. The summed E-state index contributed by atoms with van der Waals surface area (Å²) in [6, 6.07) is 0.998. The van der Waals surface area contributed by atoms with Gasteiger partial charge in [0, 0.05) is 19.4 Å². The van der Waals surface area contributed by atoms with Crippen LogP contribution in [0.15, 0.2) is 21.9 Å². The Morgan fingerprint density at radius 3 is 2.82 bits per heavy atom. The van der Waals surface area contributed by atoms with Gasteiger partial charge in [0.05, 0.1) is 0 Å². The van der Waals surface area contributed by atoms with Crippen LogP contribution in [0.1, 0.15) is 6.23 Å². The maximum atomic E-state index is 14.6. The summed E-state index contributed by atoms with van der Waals surface area (Å²) in [6.07, 6.45) is -4.13. The van der Waals surface area contributed by atoms with Gasteiger partial charge in [-0.05, 0) is 4.57 Å².